The summed E-state index contributed by atoms with van der Waals surface area (Å²) in [5.74, 6) is 2.43. The lowest BCUT2D eigenvalue weighted by atomic mass is 10.1. The molecule has 102 valence electrons. The Balaban J connectivity index is 1.84. The fourth-order valence-electron chi connectivity index (χ4n) is 2.77. The minimum Gasteiger partial charge on any atom is -0.381 e. The topological polar surface area (TPSA) is 27.1 Å². The molecule has 3 nitrogen and oxygen atoms in total. The molecule has 1 aromatic heterocycles. The maximum Gasteiger partial charge on any atom is 0.111 e. The second-order valence-electron chi connectivity index (χ2n) is 5.13. The Morgan fingerprint density at radius 3 is 3.05 bits per heavy atom. The molecule has 19 heavy (non-hydrogen) atoms. The zero-order chi connectivity index (χ0) is 13.1. The van der Waals surface area contributed by atoms with Gasteiger partial charge < -0.3 is 9.30 Å². The fraction of sp³-hybridized carbons (Fsp3) is 0.533. The molecule has 0 aliphatic carbocycles. The Morgan fingerprint density at radius 2 is 2.26 bits per heavy atom. The zero-order valence-corrected chi connectivity index (χ0v) is 11.8. The summed E-state index contributed by atoms with van der Waals surface area (Å²) in [4.78, 5) is 4.69. The highest BCUT2D eigenvalue weighted by atomic mass is 35.5. The minimum atomic E-state index is 0.621. The maximum atomic E-state index is 5.89. The Kier molecular flexibility index (Phi) is 4.04. The van der Waals surface area contributed by atoms with Gasteiger partial charge in [-0.3, -0.25) is 0 Å². The highest BCUT2D eigenvalue weighted by molar-refractivity contribution is 6.17. The third-order valence-electron chi connectivity index (χ3n) is 3.84. The smallest absolute Gasteiger partial charge is 0.111 e. The van der Waals surface area contributed by atoms with Crippen molar-refractivity contribution >= 4 is 22.6 Å². The first-order chi connectivity index (χ1) is 9.38. The van der Waals surface area contributed by atoms with Crippen LogP contribution in [-0.4, -0.2) is 28.6 Å². The number of halogens is 1. The molecule has 3 rings (SSSR count). The Hall–Kier alpha value is -1.06. The molecule has 0 bridgehead atoms. The van der Waals surface area contributed by atoms with Crippen LogP contribution in [0, 0.1) is 5.92 Å². The Morgan fingerprint density at radius 1 is 1.37 bits per heavy atom. The van der Waals surface area contributed by atoms with Gasteiger partial charge in [0.2, 0.25) is 0 Å². The predicted octanol–water partition coefficient (Wildman–Crippen LogP) is 3.24. The van der Waals surface area contributed by atoms with Crippen LogP contribution in [0.2, 0.25) is 0 Å². The van der Waals surface area contributed by atoms with Gasteiger partial charge in [-0.25, -0.2) is 4.98 Å². The quantitative estimate of drug-likeness (QED) is 0.785. The van der Waals surface area contributed by atoms with E-state index in [4.69, 9.17) is 21.3 Å². The van der Waals surface area contributed by atoms with Gasteiger partial charge in [0.05, 0.1) is 11.0 Å². The number of hydrogen-bond acceptors (Lipinski definition) is 2. The van der Waals surface area contributed by atoms with Crippen LogP contribution < -0.4 is 0 Å². The van der Waals surface area contributed by atoms with Crippen molar-refractivity contribution < 1.29 is 4.74 Å². The van der Waals surface area contributed by atoms with E-state index in [1.807, 2.05) is 6.07 Å². The Labute approximate surface area is 118 Å². The van der Waals surface area contributed by atoms with E-state index in [0.717, 1.165) is 43.9 Å². The van der Waals surface area contributed by atoms with Gasteiger partial charge in [-0.2, -0.15) is 0 Å². The van der Waals surface area contributed by atoms with Crippen LogP contribution in [0.4, 0.5) is 0 Å². The molecule has 1 aromatic carbocycles. The predicted molar refractivity (Wildman–Crippen MR) is 77.7 cm³/mol. The van der Waals surface area contributed by atoms with E-state index in [-0.39, 0.29) is 0 Å². The lowest BCUT2D eigenvalue weighted by Gasteiger charge is -2.11. The van der Waals surface area contributed by atoms with Crippen LogP contribution in [0.15, 0.2) is 24.3 Å². The monoisotopic (exact) mass is 278 g/mol. The number of nitrogens with zero attached hydrogens (tertiary/aromatic N) is 2. The van der Waals surface area contributed by atoms with Crippen molar-refractivity contribution in [3.63, 3.8) is 0 Å². The second-order valence-corrected chi connectivity index (χ2v) is 5.50. The first kappa shape index (κ1) is 12.9. The number of hydrogen-bond donors (Lipinski definition) is 0. The molecule has 1 aliphatic heterocycles. The summed E-state index contributed by atoms with van der Waals surface area (Å²) >= 11 is 5.89. The first-order valence-corrected chi connectivity index (χ1v) is 7.50. The molecule has 0 saturated carbocycles. The van der Waals surface area contributed by atoms with Gasteiger partial charge in [0.25, 0.3) is 0 Å². The van der Waals surface area contributed by atoms with Gasteiger partial charge in [-0.05, 0) is 30.9 Å². The molecule has 1 fully saturated rings. The lowest BCUT2D eigenvalue weighted by Crippen LogP contribution is -2.09. The Bertz CT molecular complexity index is 546. The maximum absolute atomic E-state index is 5.89. The van der Waals surface area contributed by atoms with Crippen molar-refractivity contribution in [2.75, 3.05) is 19.1 Å². The van der Waals surface area contributed by atoms with Crippen molar-refractivity contribution in [3.8, 4) is 0 Å². The van der Waals surface area contributed by atoms with Gasteiger partial charge in [-0.15, -0.1) is 11.6 Å². The summed E-state index contributed by atoms with van der Waals surface area (Å²) in [6.07, 6.45) is 3.19. The van der Waals surface area contributed by atoms with Gasteiger partial charge >= 0.3 is 0 Å². The van der Waals surface area contributed by atoms with Crippen molar-refractivity contribution in [1.29, 1.82) is 0 Å². The van der Waals surface area contributed by atoms with Gasteiger partial charge in [0.15, 0.2) is 0 Å². The lowest BCUT2D eigenvalue weighted by molar-refractivity contribution is 0.183. The van der Waals surface area contributed by atoms with Crippen LogP contribution in [0.1, 0.15) is 18.7 Å². The molecule has 0 radical (unpaired) electrons. The van der Waals surface area contributed by atoms with Crippen LogP contribution in [0.3, 0.4) is 0 Å². The number of fused-ring (bicyclic) bond motifs is 1. The number of alkyl halides is 1. The number of para-hydroxylation sites is 2. The summed E-state index contributed by atoms with van der Waals surface area (Å²) in [7, 11) is 0. The number of benzene rings is 1. The van der Waals surface area contributed by atoms with Crippen LogP contribution in [0.5, 0.6) is 0 Å². The summed E-state index contributed by atoms with van der Waals surface area (Å²) in [6.45, 7) is 2.85. The fourth-order valence-corrected chi connectivity index (χ4v) is 2.94. The van der Waals surface area contributed by atoms with E-state index < -0.39 is 0 Å². The highest BCUT2D eigenvalue weighted by Crippen LogP contribution is 2.21. The van der Waals surface area contributed by atoms with E-state index in [9.17, 15) is 0 Å². The van der Waals surface area contributed by atoms with Crippen molar-refractivity contribution in [2.45, 2.75) is 25.8 Å². The van der Waals surface area contributed by atoms with Crippen molar-refractivity contribution in [1.82, 2.24) is 9.55 Å². The van der Waals surface area contributed by atoms with E-state index in [1.165, 1.54) is 11.9 Å². The van der Waals surface area contributed by atoms with Crippen LogP contribution >= 0.6 is 11.6 Å². The number of aromatic nitrogens is 2. The summed E-state index contributed by atoms with van der Waals surface area (Å²) in [6, 6.07) is 8.33. The second kappa shape index (κ2) is 5.93. The number of ether oxygens (including phenoxy) is 1. The molecule has 4 heteroatoms. The molecule has 0 N–H and O–H groups in total. The molecule has 1 aliphatic rings. The molecule has 0 amide bonds. The van der Waals surface area contributed by atoms with Crippen molar-refractivity contribution in [2.24, 2.45) is 5.92 Å². The minimum absolute atomic E-state index is 0.621. The van der Waals surface area contributed by atoms with E-state index in [2.05, 4.69) is 22.8 Å². The summed E-state index contributed by atoms with van der Waals surface area (Å²) < 4.78 is 7.78. The molecule has 2 aromatic rings. The summed E-state index contributed by atoms with van der Waals surface area (Å²) in [5, 5.41) is 0. The molecule has 2 heterocycles. The first-order valence-electron chi connectivity index (χ1n) is 6.96. The molecular weight excluding hydrogens is 260 g/mol. The number of rotatable bonds is 5. The van der Waals surface area contributed by atoms with E-state index in [0.29, 0.717) is 11.8 Å². The molecule has 1 saturated heterocycles. The molecule has 0 spiro atoms. The van der Waals surface area contributed by atoms with Gasteiger partial charge in [0, 0.05) is 32.1 Å². The van der Waals surface area contributed by atoms with Crippen LogP contribution in [0.25, 0.3) is 11.0 Å². The number of imidazole rings is 1. The largest absolute Gasteiger partial charge is 0.381 e. The normalized spacial score (nSPS) is 19.3. The van der Waals surface area contributed by atoms with Gasteiger partial charge in [-0.1, -0.05) is 12.1 Å². The van der Waals surface area contributed by atoms with Crippen LogP contribution in [-0.2, 0) is 17.7 Å². The third kappa shape index (κ3) is 2.77. The third-order valence-corrected chi connectivity index (χ3v) is 4.03. The average molecular weight is 279 g/mol. The van der Waals surface area contributed by atoms with Gasteiger partial charge in [0.1, 0.15) is 5.82 Å². The molecule has 1 atom stereocenters. The van der Waals surface area contributed by atoms with Crippen molar-refractivity contribution in [3.05, 3.63) is 30.1 Å². The summed E-state index contributed by atoms with van der Waals surface area (Å²) in [5.41, 5.74) is 2.30. The zero-order valence-electron chi connectivity index (χ0n) is 11.0. The molecule has 1 unspecified atom stereocenters. The highest BCUT2D eigenvalue weighted by Gasteiger charge is 2.17. The average Bonchev–Trinajstić information content (AvgIpc) is 3.04. The standard InChI is InChI=1S/C15H19ClN2O/c16-8-5-15-17-13-3-1-2-4-14(13)18(15)9-6-12-7-10-19-11-12/h1-4,12H,5-11H2. The molecular formula is C15H19ClN2O. The van der Waals surface area contributed by atoms with E-state index in [1.54, 1.807) is 0 Å². The SMILES string of the molecule is ClCCc1nc2ccccc2n1CCC1CCOC1. The number of aryl methyl sites for hydroxylation is 2. The van der Waals surface area contributed by atoms with E-state index >= 15 is 0 Å².